The molecule has 3 aromatic rings. The highest BCUT2D eigenvalue weighted by molar-refractivity contribution is 5.95. The third-order valence-corrected chi connectivity index (χ3v) is 3.89. The zero-order valence-electron chi connectivity index (χ0n) is 14.8. The van der Waals surface area contributed by atoms with E-state index in [4.69, 9.17) is 9.47 Å². The van der Waals surface area contributed by atoms with E-state index in [9.17, 15) is 9.59 Å². The number of aromatic nitrogens is 2. The molecule has 0 radical (unpaired) electrons. The average molecular weight is 350 g/mol. The van der Waals surface area contributed by atoms with Crippen LogP contribution in [0.2, 0.25) is 0 Å². The second kappa shape index (κ2) is 7.31. The molecule has 0 aliphatic carbocycles. The Bertz CT molecular complexity index is 981. The van der Waals surface area contributed by atoms with Crippen LogP contribution in [0.25, 0.3) is 11.0 Å². The van der Waals surface area contributed by atoms with Gasteiger partial charge in [-0.15, -0.1) is 0 Å². The summed E-state index contributed by atoms with van der Waals surface area (Å²) in [6.45, 7) is 5.81. The lowest BCUT2D eigenvalue weighted by Crippen LogP contribution is -2.09. The molecule has 0 aliphatic rings. The number of hydrogen-bond donors (Lipinski definition) is 0. The molecule has 3 rings (SSSR count). The highest BCUT2D eigenvalue weighted by Crippen LogP contribution is 2.18. The van der Waals surface area contributed by atoms with Gasteiger partial charge in [-0.25, -0.2) is 19.6 Å². The second-order valence-electron chi connectivity index (χ2n) is 5.73. The Hall–Kier alpha value is -3.28. The van der Waals surface area contributed by atoms with E-state index >= 15 is 0 Å². The standard InChI is InChI=1S/C20H18N2O4/c1-4-25-19(23)14-5-8-16(9-6-14)26-20(24)15-7-10-17-18(11-15)22-13(3)12(2)21-17/h5-11H,4H2,1-3H3. The molecule has 132 valence electrons. The van der Waals surface area contributed by atoms with Gasteiger partial charge in [0.1, 0.15) is 5.75 Å². The van der Waals surface area contributed by atoms with Crippen molar-refractivity contribution in [3.8, 4) is 5.75 Å². The molecule has 0 saturated carbocycles. The molecule has 1 aromatic heterocycles. The summed E-state index contributed by atoms with van der Waals surface area (Å²) in [4.78, 5) is 32.9. The van der Waals surface area contributed by atoms with Crippen molar-refractivity contribution in [3.05, 3.63) is 65.0 Å². The maximum Gasteiger partial charge on any atom is 0.343 e. The molecule has 0 spiro atoms. The smallest absolute Gasteiger partial charge is 0.343 e. The number of rotatable bonds is 4. The van der Waals surface area contributed by atoms with Crippen molar-refractivity contribution >= 4 is 23.0 Å². The minimum atomic E-state index is -0.504. The van der Waals surface area contributed by atoms with Crippen LogP contribution in [0.5, 0.6) is 5.75 Å². The maximum atomic E-state index is 12.4. The van der Waals surface area contributed by atoms with Crippen molar-refractivity contribution in [2.75, 3.05) is 6.61 Å². The lowest BCUT2D eigenvalue weighted by atomic mass is 10.2. The third-order valence-electron chi connectivity index (χ3n) is 3.89. The number of nitrogens with zero attached hydrogens (tertiary/aromatic N) is 2. The summed E-state index contributed by atoms with van der Waals surface area (Å²) < 4.78 is 10.3. The Morgan fingerprint density at radius 1 is 0.846 bits per heavy atom. The Morgan fingerprint density at radius 2 is 1.46 bits per heavy atom. The van der Waals surface area contributed by atoms with Crippen LogP contribution < -0.4 is 4.74 Å². The Morgan fingerprint density at radius 3 is 2.12 bits per heavy atom. The number of hydrogen-bond acceptors (Lipinski definition) is 6. The van der Waals surface area contributed by atoms with Crippen molar-refractivity contribution in [1.29, 1.82) is 0 Å². The van der Waals surface area contributed by atoms with E-state index in [-0.39, 0.29) is 0 Å². The first-order valence-electron chi connectivity index (χ1n) is 8.22. The van der Waals surface area contributed by atoms with Crippen LogP contribution in [0.15, 0.2) is 42.5 Å². The number of carbonyl (C=O) groups excluding carboxylic acids is 2. The van der Waals surface area contributed by atoms with Crippen molar-refractivity contribution in [2.45, 2.75) is 20.8 Å². The highest BCUT2D eigenvalue weighted by atomic mass is 16.5. The minimum Gasteiger partial charge on any atom is -0.462 e. The van der Waals surface area contributed by atoms with Gasteiger partial charge in [-0.3, -0.25) is 0 Å². The van der Waals surface area contributed by atoms with E-state index in [0.29, 0.717) is 29.0 Å². The van der Waals surface area contributed by atoms with E-state index in [1.54, 1.807) is 49.4 Å². The lowest BCUT2D eigenvalue weighted by Gasteiger charge is -2.07. The molecular weight excluding hydrogens is 332 g/mol. The molecule has 0 saturated heterocycles. The summed E-state index contributed by atoms with van der Waals surface area (Å²) in [6, 6.07) is 11.3. The van der Waals surface area contributed by atoms with E-state index in [1.165, 1.54) is 0 Å². The van der Waals surface area contributed by atoms with Gasteiger partial charge in [-0.2, -0.15) is 0 Å². The molecule has 6 heteroatoms. The summed E-state index contributed by atoms with van der Waals surface area (Å²) in [5.74, 6) is -0.575. The van der Waals surface area contributed by atoms with Crippen molar-refractivity contribution in [3.63, 3.8) is 0 Å². The van der Waals surface area contributed by atoms with Gasteiger partial charge in [0.2, 0.25) is 0 Å². The summed E-state index contributed by atoms with van der Waals surface area (Å²) in [6.07, 6.45) is 0. The summed E-state index contributed by atoms with van der Waals surface area (Å²) in [7, 11) is 0. The van der Waals surface area contributed by atoms with Gasteiger partial charge in [0.05, 0.1) is 40.2 Å². The van der Waals surface area contributed by atoms with Gasteiger partial charge in [-0.05, 0) is 63.2 Å². The molecule has 6 nitrogen and oxygen atoms in total. The van der Waals surface area contributed by atoms with Crippen LogP contribution in [0, 0.1) is 13.8 Å². The summed E-state index contributed by atoms with van der Waals surface area (Å²) in [5, 5.41) is 0. The first kappa shape index (κ1) is 17.5. The molecule has 0 bridgehead atoms. The fraction of sp³-hybridized carbons (Fsp3) is 0.200. The van der Waals surface area contributed by atoms with E-state index in [1.807, 2.05) is 13.8 Å². The molecule has 0 atom stereocenters. The average Bonchev–Trinajstić information content (AvgIpc) is 2.63. The van der Waals surface area contributed by atoms with Gasteiger partial charge in [0, 0.05) is 0 Å². The number of esters is 2. The Balaban J connectivity index is 1.78. The van der Waals surface area contributed by atoms with Gasteiger partial charge >= 0.3 is 11.9 Å². The zero-order chi connectivity index (χ0) is 18.7. The molecule has 0 fully saturated rings. The molecule has 26 heavy (non-hydrogen) atoms. The third kappa shape index (κ3) is 3.69. The second-order valence-corrected chi connectivity index (χ2v) is 5.73. The van der Waals surface area contributed by atoms with Crippen LogP contribution in [0.4, 0.5) is 0 Å². The molecule has 0 aliphatic heterocycles. The number of aryl methyl sites for hydroxylation is 2. The Kier molecular flexibility index (Phi) is 4.93. The van der Waals surface area contributed by atoms with Gasteiger partial charge < -0.3 is 9.47 Å². The highest BCUT2D eigenvalue weighted by Gasteiger charge is 2.12. The largest absolute Gasteiger partial charge is 0.462 e. The monoisotopic (exact) mass is 350 g/mol. The van der Waals surface area contributed by atoms with Crippen molar-refractivity contribution < 1.29 is 19.1 Å². The Labute approximate surface area is 150 Å². The fourth-order valence-electron chi connectivity index (χ4n) is 2.40. The normalized spacial score (nSPS) is 10.6. The van der Waals surface area contributed by atoms with Crippen LogP contribution >= 0.6 is 0 Å². The fourth-order valence-corrected chi connectivity index (χ4v) is 2.40. The predicted molar refractivity (Wildman–Crippen MR) is 96.4 cm³/mol. The van der Waals surface area contributed by atoms with Gasteiger partial charge in [-0.1, -0.05) is 0 Å². The summed E-state index contributed by atoms with van der Waals surface area (Å²) >= 11 is 0. The van der Waals surface area contributed by atoms with Crippen LogP contribution in [0.3, 0.4) is 0 Å². The topological polar surface area (TPSA) is 78.4 Å². The van der Waals surface area contributed by atoms with Crippen LogP contribution in [-0.4, -0.2) is 28.5 Å². The minimum absolute atomic E-state index is 0.305. The van der Waals surface area contributed by atoms with Crippen LogP contribution in [-0.2, 0) is 4.74 Å². The predicted octanol–water partition coefficient (Wildman–Crippen LogP) is 3.64. The lowest BCUT2D eigenvalue weighted by molar-refractivity contribution is 0.0526. The number of benzene rings is 2. The van der Waals surface area contributed by atoms with Crippen molar-refractivity contribution in [1.82, 2.24) is 9.97 Å². The van der Waals surface area contributed by atoms with Crippen molar-refractivity contribution in [2.24, 2.45) is 0 Å². The van der Waals surface area contributed by atoms with E-state index in [0.717, 1.165) is 16.9 Å². The summed E-state index contributed by atoms with van der Waals surface area (Å²) in [5.41, 5.74) is 3.82. The molecule has 1 heterocycles. The number of carbonyl (C=O) groups is 2. The molecule has 0 N–H and O–H groups in total. The first-order chi connectivity index (χ1) is 12.5. The first-order valence-corrected chi connectivity index (χ1v) is 8.22. The molecular formula is C20H18N2O4. The molecule has 0 amide bonds. The van der Waals surface area contributed by atoms with E-state index < -0.39 is 11.9 Å². The quantitative estimate of drug-likeness (QED) is 0.528. The molecule has 2 aromatic carbocycles. The SMILES string of the molecule is CCOC(=O)c1ccc(OC(=O)c2ccc3nc(C)c(C)nc3c2)cc1. The number of ether oxygens (including phenoxy) is 2. The van der Waals surface area contributed by atoms with Crippen LogP contribution in [0.1, 0.15) is 39.0 Å². The van der Waals surface area contributed by atoms with E-state index in [2.05, 4.69) is 9.97 Å². The maximum absolute atomic E-state index is 12.4. The van der Waals surface area contributed by atoms with Gasteiger partial charge in [0.15, 0.2) is 0 Å². The number of fused-ring (bicyclic) bond motifs is 1. The van der Waals surface area contributed by atoms with Gasteiger partial charge in [0.25, 0.3) is 0 Å². The molecule has 0 unspecified atom stereocenters. The zero-order valence-corrected chi connectivity index (χ0v) is 14.8.